The molecule has 2 aromatic carbocycles. The lowest BCUT2D eigenvalue weighted by atomic mass is 10.2. The van der Waals surface area contributed by atoms with Crippen LogP contribution in [-0.4, -0.2) is 34.3 Å². The lowest BCUT2D eigenvalue weighted by molar-refractivity contribution is 0.217. The fraction of sp³-hybridized carbons (Fsp3) is 0.167. The molecule has 1 heterocycles. The van der Waals surface area contributed by atoms with Gasteiger partial charge >= 0.3 is 0 Å². The molecule has 0 atom stereocenters. The van der Waals surface area contributed by atoms with Gasteiger partial charge in [0.15, 0.2) is 5.75 Å². The highest BCUT2D eigenvalue weighted by Gasteiger charge is 2.09. The van der Waals surface area contributed by atoms with E-state index in [2.05, 4.69) is 15.3 Å². The summed E-state index contributed by atoms with van der Waals surface area (Å²) < 4.78 is 12.7. The molecular formula is C18H16Cl2N4O2. The van der Waals surface area contributed by atoms with Crippen LogP contribution in [0, 0.1) is 6.92 Å². The second-order valence-electron chi connectivity index (χ2n) is 5.41. The quantitative estimate of drug-likeness (QED) is 0.447. The zero-order valence-corrected chi connectivity index (χ0v) is 15.5. The van der Waals surface area contributed by atoms with E-state index in [1.807, 2.05) is 31.2 Å². The number of benzene rings is 2. The Bertz CT molecular complexity index is 858. The number of aromatic nitrogens is 3. The monoisotopic (exact) mass is 390 g/mol. The number of halogens is 2. The highest BCUT2D eigenvalue weighted by molar-refractivity contribution is 6.37. The first-order valence-electron chi connectivity index (χ1n) is 7.82. The van der Waals surface area contributed by atoms with E-state index < -0.39 is 0 Å². The first-order valence-corrected chi connectivity index (χ1v) is 8.58. The standard InChI is InChI=1S/C18H16Cl2N4O2/c1-13-2-4-15(5-3-13)25-6-7-26-18-16(19)8-14(9-17(18)20)10-23-24-11-21-22-12-24/h2-5,8-12H,6-7H2,1H3/b23-10+. The molecule has 0 radical (unpaired) electrons. The minimum atomic E-state index is 0.321. The number of nitrogens with zero attached hydrogens (tertiary/aromatic N) is 4. The molecule has 26 heavy (non-hydrogen) atoms. The highest BCUT2D eigenvalue weighted by atomic mass is 35.5. The predicted molar refractivity (Wildman–Crippen MR) is 102 cm³/mol. The topological polar surface area (TPSA) is 61.5 Å². The number of hydrogen-bond acceptors (Lipinski definition) is 5. The summed E-state index contributed by atoms with van der Waals surface area (Å²) in [5.74, 6) is 1.21. The first kappa shape index (κ1) is 18.2. The molecule has 0 saturated carbocycles. The smallest absolute Gasteiger partial charge is 0.156 e. The number of ether oxygens (including phenoxy) is 2. The van der Waals surface area contributed by atoms with Crippen LogP contribution < -0.4 is 9.47 Å². The minimum Gasteiger partial charge on any atom is -0.490 e. The molecule has 0 unspecified atom stereocenters. The van der Waals surface area contributed by atoms with Gasteiger partial charge in [-0.05, 0) is 36.8 Å². The van der Waals surface area contributed by atoms with Crippen LogP contribution in [-0.2, 0) is 0 Å². The van der Waals surface area contributed by atoms with Crippen LogP contribution in [0.5, 0.6) is 11.5 Å². The fourth-order valence-electron chi connectivity index (χ4n) is 2.12. The van der Waals surface area contributed by atoms with Crippen molar-refractivity contribution in [2.24, 2.45) is 5.10 Å². The van der Waals surface area contributed by atoms with Crippen molar-refractivity contribution in [1.29, 1.82) is 0 Å². The van der Waals surface area contributed by atoms with Crippen LogP contribution >= 0.6 is 23.2 Å². The van der Waals surface area contributed by atoms with E-state index in [1.165, 1.54) is 22.9 Å². The van der Waals surface area contributed by atoms with Crippen LogP contribution in [0.25, 0.3) is 0 Å². The Hall–Kier alpha value is -2.57. The van der Waals surface area contributed by atoms with Crippen molar-refractivity contribution in [2.45, 2.75) is 6.92 Å². The number of rotatable bonds is 7. The summed E-state index contributed by atoms with van der Waals surface area (Å²) in [7, 11) is 0. The lowest BCUT2D eigenvalue weighted by Gasteiger charge is -2.11. The maximum absolute atomic E-state index is 6.27. The van der Waals surface area contributed by atoms with Crippen LogP contribution in [0.4, 0.5) is 0 Å². The Morgan fingerprint density at radius 3 is 2.27 bits per heavy atom. The van der Waals surface area contributed by atoms with Gasteiger partial charge in [0, 0.05) is 0 Å². The summed E-state index contributed by atoms with van der Waals surface area (Å²) in [6, 6.07) is 11.3. The van der Waals surface area contributed by atoms with Crippen molar-refractivity contribution in [2.75, 3.05) is 13.2 Å². The molecule has 3 rings (SSSR count). The van der Waals surface area contributed by atoms with Gasteiger partial charge in [-0.25, -0.2) is 4.68 Å². The first-order chi connectivity index (χ1) is 12.6. The van der Waals surface area contributed by atoms with E-state index in [0.29, 0.717) is 29.0 Å². The van der Waals surface area contributed by atoms with E-state index in [-0.39, 0.29) is 0 Å². The summed E-state index contributed by atoms with van der Waals surface area (Å²) >= 11 is 12.5. The van der Waals surface area contributed by atoms with Crippen molar-refractivity contribution in [3.8, 4) is 11.5 Å². The molecule has 3 aromatic rings. The van der Waals surface area contributed by atoms with E-state index in [0.717, 1.165) is 11.3 Å². The van der Waals surface area contributed by atoms with E-state index >= 15 is 0 Å². The Morgan fingerprint density at radius 1 is 1.00 bits per heavy atom. The largest absolute Gasteiger partial charge is 0.490 e. The zero-order chi connectivity index (χ0) is 18.4. The molecule has 134 valence electrons. The molecule has 6 nitrogen and oxygen atoms in total. The van der Waals surface area contributed by atoms with Crippen molar-refractivity contribution in [3.05, 3.63) is 70.2 Å². The minimum absolute atomic E-state index is 0.321. The summed E-state index contributed by atoms with van der Waals surface area (Å²) in [5.41, 5.74) is 1.91. The van der Waals surface area contributed by atoms with Crippen molar-refractivity contribution < 1.29 is 9.47 Å². The second-order valence-corrected chi connectivity index (χ2v) is 6.22. The average Bonchev–Trinajstić information content (AvgIpc) is 3.14. The Balaban J connectivity index is 1.57. The molecule has 0 N–H and O–H groups in total. The molecule has 0 aliphatic heterocycles. The van der Waals surface area contributed by atoms with Gasteiger partial charge in [0.2, 0.25) is 0 Å². The summed E-state index contributed by atoms with van der Waals surface area (Å²) in [6.45, 7) is 2.73. The molecule has 1 aromatic heterocycles. The maximum Gasteiger partial charge on any atom is 0.156 e. The van der Waals surface area contributed by atoms with E-state index in [9.17, 15) is 0 Å². The molecule has 0 saturated heterocycles. The van der Waals surface area contributed by atoms with Crippen molar-refractivity contribution >= 4 is 29.4 Å². The van der Waals surface area contributed by atoms with E-state index in [4.69, 9.17) is 32.7 Å². The summed E-state index contributed by atoms with van der Waals surface area (Å²) in [6.07, 6.45) is 4.56. The third-order valence-corrected chi connectivity index (χ3v) is 3.95. The summed E-state index contributed by atoms with van der Waals surface area (Å²) in [5, 5.41) is 12.3. The normalized spacial score (nSPS) is 11.0. The van der Waals surface area contributed by atoms with Gasteiger partial charge < -0.3 is 9.47 Å². The third kappa shape index (κ3) is 4.97. The van der Waals surface area contributed by atoms with Gasteiger partial charge in [0.25, 0.3) is 0 Å². The van der Waals surface area contributed by atoms with Gasteiger partial charge in [-0.1, -0.05) is 40.9 Å². The lowest BCUT2D eigenvalue weighted by Crippen LogP contribution is -2.09. The summed E-state index contributed by atoms with van der Waals surface area (Å²) in [4.78, 5) is 0. The molecule has 8 heteroatoms. The molecule has 0 spiro atoms. The van der Waals surface area contributed by atoms with Gasteiger partial charge in [-0.3, -0.25) is 0 Å². The molecule has 0 fully saturated rings. The zero-order valence-electron chi connectivity index (χ0n) is 14.0. The average molecular weight is 391 g/mol. The van der Waals surface area contributed by atoms with Crippen LogP contribution in [0.15, 0.2) is 54.2 Å². The van der Waals surface area contributed by atoms with Crippen LogP contribution in [0.3, 0.4) is 0 Å². The van der Waals surface area contributed by atoms with Crippen molar-refractivity contribution in [1.82, 2.24) is 14.9 Å². The molecule has 0 aliphatic carbocycles. The fourth-order valence-corrected chi connectivity index (χ4v) is 2.73. The molecule has 0 amide bonds. The van der Waals surface area contributed by atoms with Gasteiger partial charge in [-0.15, -0.1) is 10.2 Å². The number of hydrogen-bond donors (Lipinski definition) is 0. The highest BCUT2D eigenvalue weighted by Crippen LogP contribution is 2.33. The Morgan fingerprint density at radius 2 is 1.62 bits per heavy atom. The maximum atomic E-state index is 6.27. The Kier molecular flexibility index (Phi) is 6.09. The van der Waals surface area contributed by atoms with Crippen LogP contribution in [0.2, 0.25) is 10.0 Å². The van der Waals surface area contributed by atoms with Gasteiger partial charge in [0.05, 0.1) is 16.3 Å². The van der Waals surface area contributed by atoms with E-state index in [1.54, 1.807) is 18.3 Å². The van der Waals surface area contributed by atoms with Crippen molar-refractivity contribution in [3.63, 3.8) is 0 Å². The van der Waals surface area contributed by atoms with Gasteiger partial charge in [-0.2, -0.15) is 5.10 Å². The molecular weight excluding hydrogens is 375 g/mol. The predicted octanol–water partition coefficient (Wildman–Crippen LogP) is 4.23. The second kappa shape index (κ2) is 8.69. The molecule has 0 bridgehead atoms. The Labute approximate surface area is 161 Å². The van der Waals surface area contributed by atoms with Gasteiger partial charge in [0.1, 0.15) is 31.6 Å². The number of aryl methyl sites for hydroxylation is 1. The molecule has 0 aliphatic rings. The van der Waals surface area contributed by atoms with Crippen LogP contribution in [0.1, 0.15) is 11.1 Å². The SMILES string of the molecule is Cc1ccc(OCCOc2c(Cl)cc(/C=N/n3cnnc3)cc2Cl)cc1. The third-order valence-electron chi connectivity index (χ3n) is 3.39.